The Hall–Kier alpha value is -1.03. The SMILES string of the molecule is CN1C(N)=NCC1(C)c1ccccc1Br. The molecule has 0 amide bonds. The molecule has 0 aromatic heterocycles. The Kier molecular flexibility index (Phi) is 2.46. The molecule has 1 aliphatic rings. The van der Waals surface area contributed by atoms with Crippen molar-refractivity contribution >= 4 is 21.9 Å². The Bertz CT molecular complexity index is 416. The first-order valence-electron chi connectivity index (χ1n) is 4.84. The van der Waals surface area contributed by atoms with Crippen LogP contribution in [0.2, 0.25) is 0 Å². The number of aliphatic imine (C=N–C) groups is 1. The predicted octanol–water partition coefficient (Wildman–Crippen LogP) is 1.92. The van der Waals surface area contributed by atoms with Gasteiger partial charge >= 0.3 is 0 Å². The maximum atomic E-state index is 5.80. The lowest BCUT2D eigenvalue weighted by Gasteiger charge is -2.34. The van der Waals surface area contributed by atoms with Crippen molar-refractivity contribution in [1.29, 1.82) is 0 Å². The third-order valence-electron chi connectivity index (χ3n) is 3.09. The summed E-state index contributed by atoms with van der Waals surface area (Å²) in [5, 5.41) is 0. The smallest absolute Gasteiger partial charge is 0.191 e. The maximum Gasteiger partial charge on any atom is 0.191 e. The summed E-state index contributed by atoms with van der Waals surface area (Å²) in [5.41, 5.74) is 6.89. The van der Waals surface area contributed by atoms with Crippen LogP contribution < -0.4 is 5.73 Å². The molecule has 0 saturated heterocycles. The van der Waals surface area contributed by atoms with Gasteiger partial charge in [-0.25, -0.2) is 0 Å². The quantitative estimate of drug-likeness (QED) is 0.845. The fourth-order valence-electron chi connectivity index (χ4n) is 1.86. The van der Waals surface area contributed by atoms with Crippen LogP contribution in [0.4, 0.5) is 0 Å². The summed E-state index contributed by atoms with van der Waals surface area (Å²) in [6, 6.07) is 8.20. The number of benzene rings is 1. The van der Waals surface area contributed by atoms with Gasteiger partial charge in [-0.1, -0.05) is 34.1 Å². The van der Waals surface area contributed by atoms with Crippen LogP contribution in [0.3, 0.4) is 0 Å². The van der Waals surface area contributed by atoms with Gasteiger partial charge in [-0.15, -0.1) is 0 Å². The number of halogens is 1. The molecular formula is C11H14BrN3. The molecule has 0 bridgehead atoms. The molecule has 1 aromatic carbocycles. The van der Waals surface area contributed by atoms with Gasteiger partial charge in [-0.05, 0) is 18.6 Å². The van der Waals surface area contributed by atoms with Gasteiger partial charge in [-0.3, -0.25) is 4.99 Å². The van der Waals surface area contributed by atoms with Crippen LogP contribution in [0.1, 0.15) is 12.5 Å². The molecule has 0 aliphatic carbocycles. The second-order valence-corrected chi connectivity index (χ2v) is 4.84. The highest BCUT2D eigenvalue weighted by Crippen LogP contribution is 2.35. The minimum Gasteiger partial charge on any atom is -0.370 e. The Balaban J connectivity index is 2.44. The molecule has 0 radical (unpaired) electrons. The van der Waals surface area contributed by atoms with E-state index in [9.17, 15) is 0 Å². The zero-order valence-corrected chi connectivity index (χ0v) is 10.5. The van der Waals surface area contributed by atoms with Crippen molar-refractivity contribution in [2.24, 2.45) is 10.7 Å². The van der Waals surface area contributed by atoms with Gasteiger partial charge in [0.15, 0.2) is 5.96 Å². The standard InChI is InChI=1S/C11H14BrN3/c1-11(7-14-10(13)15(11)2)8-5-3-4-6-9(8)12/h3-6H,7H2,1-2H3,(H2,13,14). The molecule has 1 aliphatic heterocycles. The first kappa shape index (κ1) is 10.5. The van der Waals surface area contributed by atoms with Crippen molar-refractivity contribution < 1.29 is 0 Å². The van der Waals surface area contributed by atoms with E-state index < -0.39 is 0 Å². The van der Waals surface area contributed by atoms with E-state index in [0.29, 0.717) is 12.5 Å². The Morgan fingerprint density at radius 1 is 1.47 bits per heavy atom. The van der Waals surface area contributed by atoms with E-state index in [1.807, 2.05) is 30.1 Å². The fourth-order valence-corrected chi connectivity index (χ4v) is 2.58. The van der Waals surface area contributed by atoms with Crippen LogP contribution in [0.25, 0.3) is 0 Å². The van der Waals surface area contributed by atoms with Gasteiger partial charge in [0.25, 0.3) is 0 Å². The molecule has 1 unspecified atom stereocenters. The van der Waals surface area contributed by atoms with Gasteiger partial charge in [0.2, 0.25) is 0 Å². The van der Waals surface area contributed by atoms with Gasteiger partial charge in [0.05, 0.1) is 12.1 Å². The number of rotatable bonds is 1. The molecule has 0 fully saturated rings. The van der Waals surface area contributed by atoms with E-state index in [1.54, 1.807) is 0 Å². The summed E-state index contributed by atoms with van der Waals surface area (Å²) in [5.74, 6) is 0.605. The number of likely N-dealkylation sites (N-methyl/N-ethyl adjacent to an activating group) is 1. The molecule has 2 rings (SSSR count). The first-order valence-corrected chi connectivity index (χ1v) is 5.64. The molecular weight excluding hydrogens is 254 g/mol. The third kappa shape index (κ3) is 1.53. The van der Waals surface area contributed by atoms with Gasteiger partial charge in [0, 0.05) is 11.5 Å². The number of hydrogen-bond donors (Lipinski definition) is 1. The van der Waals surface area contributed by atoms with Crippen LogP contribution in [-0.2, 0) is 5.54 Å². The Morgan fingerprint density at radius 2 is 2.13 bits per heavy atom. The molecule has 0 saturated carbocycles. The Labute approximate surface area is 98.1 Å². The van der Waals surface area contributed by atoms with Crippen LogP contribution in [-0.4, -0.2) is 24.5 Å². The van der Waals surface area contributed by atoms with Gasteiger partial charge < -0.3 is 10.6 Å². The summed E-state index contributed by atoms with van der Waals surface area (Å²) in [7, 11) is 1.98. The fraction of sp³-hybridized carbons (Fsp3) is 0.364. The monoisotopic (exact) mass is 267 g/mol. The molecule has 80 valence electrons. The third-order valence-corrected chi connectivity index (χ3v) is 3.78. The highest BCUT2D eigenvalue weighted by molar-refractivity contribution is 9.10. The summed E-state index contributed by atoms with van der Waals surface area (Å²) in [6.45, 7) is 2.86. The largest absolute Gasteiger partial charge is 0.370 e. The average Bonchev–Trinajstić information content (AvgIpc) is 2.48. The number of nitrogens with two attached hydrogens (primary N) is 1. The van der Waals surface area contributed by atoms with Crippen LogP contribution >= 0.6 is 15.9 Å². The molecule has 4 heteroatoms. The van der Waals surface area contributed by atoms with Crippen molar-refractivity contribution in [1.82, 2.24) is 4.90 Å². The molecule has 1 heterocycles. The number of guanidine groups is 1. The minimum atomic E-state index is -0.135. The van der Waals surface area contributed by atoms with E-state index in [-0.39, 0.29) is 5.54 Å². The lowest BCUT2D eigenvalue weighted by atomic mass is 9.92. The van der Waals surface area contributed by atoms with Crippen molar-refractivity contribution in [3.05, 3.63) is 34.3 Å². The molecule has 2 N–H and O–H groups in total. The summed E-state index contributed by atoms with van der Waals surface area (Å²) in [4.78, 5) is 6.31. The average molecular weight is 268 g/mol. The van der Waals surface area contributed by atoms with E-state index in [1.165, 1.54) is 5.56 Å². The number of hydrogen-bond acceptors (Lipinski definition) is 3. The zero-order valence-electron chi connectivity index (χ0n) is 8.87. The second-order valence-electron chi connectivity index (χ2n) is 3.99. The minimum absolute atomic E-state index is 0.135. The van der Waals surface area contributed by atoms with Crippen LogP contribution in [0.5, 0.6) is 0 Å². The number of nitrogens with zero attached hydrogens (tertiary/aromatic N) is 2. The van der Waals surface area contributed by atoms with Crippen molar-refractivity contribution in [2.45, 2.75) is 12.5 Å². The molecule has 1 aromatic rings. The second kappa shape index (κ2) is 3.52. The predicted molar refractivity (Wildman–Crippen MR) is 65.7 cm³/mol. The highest BCUT2D eigenvalue weighted by atomic mass is 79.9. The molecule has 0 spiro atoms. The highest BCUT2D eigenvalue weighted by Gasteiger charge is 2.38. The normalized spacial score (nSPS) is 25.5. The molecule has 3 nitrogen and oxygen atoms in total. The van der Waals surface area contributed by atoms with Crippen molar-refractivity contribution in [2.75, 3.05) is 13.6 Å². The Morgan fingerprint density at radius 3 is 2.67 bits per heavy atom. The van der Waals surface area contributed by atoms with Gasteiger partial charge in [-0.2, -0.15) is 0 Å². The summed E-state index contributed by atoms with van der Waals surface area (Å²) in [6.07, 6.45) is 0. The van der Waals surface area contributed by atoms with E-state index in [0.717, 1.165) is 4.47 Å². The van der Waals surface area contributed by atoms with Crippen LogP contribution in [0, 0.1) is 0 Å². The van der Waals surface area contributed by atoms with Crippen LogP contribution in [0.15, 0.2) is 33.7 Å². The van der Waals surface area contributed by atoms with E-state index in [4.69, 9.17) is 5.73 Å². The summed E-state index contributed by atoms with van der Waals surface area (Å²) >= 11 is 3.57. The van der Waals surface area contributed by atoms with Crippen molar-refractivity contribution in [3.63, 3.8) is 0 Å². The van der Waals surface area contributed by atoms with Crippen molar-refractivity contribution in [3.8, 4) is 0 Å². The maximum absolute atomic E-state index is 5.80. The van der Waals surface area contributed by atoms with Gasteiger partial charge in [0.1, 0.15) is 0 Å². The molecule has 15 heavy (non-hydrogen) atoms. The lowest BCUT2D eigenvalue weighted by molar-refractivity contribution is 0.266. The topological polar surface area (TPSA) is 41.6 Å². The summed E-state index contributed by atoms with van der Waals surface area (Å²) < 4.78 is 1.10. The lowest BCUT2D eigenvalue weighted by Crippen LogP contribution is -2.44. The zero-order chi connectivity index (χ0) is 11.1. The first-order chi connectivity index (χ1) is 7.05. The van der Waals surface area contributed by atoms with E-state index >= 15 is 0 Å². The van der Waals surface area contributed by atoms with E-state index in [2.05, 4.69) is 33.9 Å². The molecule has 1 atom stereocenters.